The number of carbonyl (C=O) groups excluding carboxylic acids is 1. The number of benzene rings is 2. The maximum absolute atomic E-state index is 12.3. The number of amides is 2. The van der Waals surface area contributed by atoms with Crippen LogP contribution in [0.2, 0.25) is 0 Å². The number of hydrogen-bond donors (Lipinski definition) is 2. The molecule has 5 nitrogen and oxygen atoms in total. The van der Waals surface area contributed by atoms with Crippen LogP contribution in [0.5, 0.6) is 0 Å². The van der Waals surface area contributed by atoms with Crippen LogP contribution in [0.4, 0.5) is 22.0 Å². The maximum atomic E-state index is 12.3. The van der Waals surface area contributed by atoms with E-state index in [0.29, 0.717) is 0 Å². The number of hydrogen-bond acceptors (Lipinski definition) is 3. The van der Waals surface area contributed by atoms with E-state index in [1.165, 1.54) is 11.1 Å². The lowest BCUT2D eigenvalue weighted by Gasteiger charge is -2.31. The zero-order valence-electron chi connectivity index (χ0n) is 15.3. The van der Waals surface area contributed by atoms with Crippen molar-refractivity contribution in [3.05, 3.63) is 83.6 Å². The Bertz CT molecular complexity index is 956. The van der Waals surface area contributed by atoms with E-state index in [0.717, 1.165) is 42.4 Å². The van der Waals surface area contributed by atoms with E-state index in [-0.39, 0.29) is 6.03 Å². The van der Waals surface area contributed by atoms with Gasteiger partial charge < -0.3 is 15.5 Å². The Balaban J connectivity index is 1.49. The standard InChI is InChI=1S/C22H22N4O/c1-16-7-5-12-21(23-16)26-14-13-19-17(15-26)8-6-11-20(19)25-22(27)24-18-9-3-2-4-10-18/h2-12H,13-15H2,1H3,(H2,24,25,27). The van der Waals surface area contributed by atoms with Crippen molar-refractivity contribution in [2.24, 2.45) is 0 Å². The minimum absolute atomic E-state index is 0.225. The van der Waals surface area contributed by atoms with Crippen molar-refractivity contribution in [2.75, 3.05) is 22.1 Å². The fourth-order valence-electron chi connectivity index (χ4n) is 3.43. The zero-order chi connectivity index (χ0) is 18.6. The van der Waals surface area contributed by atoms with Crippen LogP contribution in [0.15, 0.2) is 66.7 Å². The Hall–Kier alpha value is -3.34. The minimum Gasteiger partial charge on any atom is -0.352 e. The monoisotopic (exact) mass is 358 g/mol. The smallest absolute Gasteiger partial charge is 0.323 e. The second kappa shape index (κ2) is 7.50. The third-order valence-corrected chi connectivity index (χ3v) is 4.74. The second-order valence-corrected chi connectivity index (χ2v) is 6.70. The van der Waals surface area contributed by atoms with Gasteiger partial charge in [-0.15, -0.1) is 0 Å². The summed E-state index contributed by atoms with van der Waals surface area (Å²) >= 11 is 0. The molecule has 2 heterocycles. The van der Waals surface area contributed by atoms with Gasteiger partial charge in [0.1, 0.15) is 5.82 Å². The van der Waals surface area contributed by atoms with Crippen LogP contribution in [0, 0.1) is 6.92 Å². The molecule has 0 saturated heterocycles. The van der Waals surface area contributed by atoms with E-state index in [2.05, 4.69) is 26.6 Å². The van der Waals surface area contributed by atoms with Crippen molar-refractivity contribution in [3.63, 3.8) is 0 Å². The van der Waals surface area contributed by atoms with E-state index < -0.39 is 0 Å². The van der Waals surface area contributed by atoms with Gasteiger partial charge in [0.25, 0.3) is 0 Å². The van der Waals surface area contributed by atoms with Crippen molar-refractivity contribution < 1.29 is 4.79 Å². The average Bonchev–Trinajstić information content (AvgIpc) is 2.68. The molecule has 0 atom stereocenters. The lowest BCUT2D eigenvalue weighted by atomic mass is 9.97. The molecule has 0 radical (unpaired) electrons. The molecule has 27 heavy (non-hydrogen) atoms. The number of nitrogens with zero attached hydrogens (tertiary/aromatic N) is 2. The molecule has 0 bridgehead atoms. The topological polar surface area (TPSA) is 57.3 Å². The van der Waals surface area contributed by atoms with Gasteiger partial charge in [-0.05, 0) is 54.8 Å². The number of fused-ring (bicyclic) bond motifs is 1. The molecule has 2 aromatic carbocycles. The summed E-state index contributed by atoms with van der Waals surface area (Å²) in [7, 11) is 0. The summed E-state index contributed by atoms with van der Waals surface area (Å²) in [6.07, 6.45) is 0.868. The Kier molecular flexibility index (Phi) is 4.75. The molecule has 1 aromatic heterocycles. The molecule has 0 fully saturated rings. The van der Waals surface area contributed by atoms with Gasteiger partial charge in [-0.2, -0.15) is 0 Å². The van der Waals surface area contributed by atoms with Gasteiger partial charge in [0.2, 0.25) is 0 Å². The maximum Gasteiger partial charge on any atom is 0.323 e. The van der Waals surface area contributed by atoms with Gasteiger partial charge in [0.05, 0.1) is 0 Å². The van der Waals surface area contributed by atoms with Gasteiger partial charge in [0.15, 0.2) is 0 Å². The molecule has 0 saturated carbocycles. The summed E-state index contributed by atoms with van der Waals surface area (Å²) in [6, 6.07) is 21.4. The first-order chi connectivity index (χ1) is 13.2. The molecule has 2 N–H and O–H groups in total. The molecular weight excluding hydrogens is 336 g/mol. The number of aromatic nitrogens is 1. The van der Waals surface area contributed by atoms with Crippen LogP contribution < -0.4 is 15.5 Å². The Morgan fingerprint density at radius 1 is 0.963 bits per heavy atom. The van der Waals surface area contributed by atoms with E-state index in [4.69, 9.17) is 0 Å². The Morgan fingerprint density at radius 2 is 1.78 bits per heavy atom. The summed E-state index contributed by atoms with van der Waals surface area (Å²) < 4.78 is 0. The van der Waals surface area contributed by atoms with E-state index in [9.17, 15) is 4.79 Å². The molecule has 0 aliphatic carbocycles. The van der Waals surface area contributed by atoms with Gasteiger partial charge in [-0.25, -0.2) is 9.78 Å². The molecular formula is C22H22N4O. The summed E-state index contributed by atoms with van der Waals surface area (Å²) in [5, 5.41) is 5.87. The van der Waals surface area contributed by atoms with Crippen LogP contribution >= 0.6 is 0 Å². The second-order valence-electron chi connectivity index (χ2n) is 6.70. The lowest BCUT2D eigenvalue weighted by molar-refractivity contribution is 0.262. The minimum atomic E-state index is -0.225. The van der Waals surface area contributed by atoms with Crippen molar-refractivity contribution in [2.45, 2.75) is 19.9 Å². The Labute approximate surface area is 159 Å². The number of aryl methyl sites for hydroxylation is 1. The largest absolute Gasteiger partial charge is 0.352 e. The van der Waals surface area contributed by atoms with Gasteiger partial charge in [-0.1, -0.05) is 36.4 Å². The molecule has 5 heteroatoms. The molecule has 1 aliphatic heterocycles. The molecule has 2 amide bonds. The predicted molar refractivity (Wildman–Crippen MR) is 109 cm³/mol. The third-order valence-electron chi connectivity index (χ3n) is 4.74. The first-order valence-electron chi connectivity index (χ1n) is 9.11. The first kappa shape index (κ1) is 17.1. The van der Waals surface area contributed by atoms with Gasteiger partial charge >= 0.3 is 6.03 Å². The third kappa shape index (κ3) is 3.92. The highest BCUT2D eigenvalue weighted by molar-refractivity contribution is 6.00. The molecule has 4 rings (SSSR count). The van der Waals surface area contributed by atoms with Crippen LogP contribution in [-0.4, -0.2) is 17.6 Å². The number of para-hydroxylation sites is 1. The van der Waals surface area contributed by atoms with Crippen molar-refractivity contribution in [1.82, 2.24) is 4.98 Å². The van der Waals surface area contributed by atoms with Gasteiger partial charge in [-0.3, -0.25) is 0 Å². The number of carbonyl (C=O) groups is 1. The zero-order valence-corrected chi connectivity index (χ0v) is 15.3. The fourth-order valence-corrected chi connectivity index (χ4v) is 3.43. The first-order valence-corrected chi connectivity index (χ1v) is 9.11. The summed E-state index contributed by atoms with van der Waals surface area (Å²) in [5.41, 5.74) is 5.09. The Morgan fingerprint density at radius 3 is 2.59 bits per heavy atom. The lowest BCUT2D eigenvalue weighted by Crippen LogP contribution is -2.32. The number of pyridine rings is 1. The number of nitrogens with one attached hydrogen (secondary N) is 2. The van der Waals surface area contributed by atoms with Crippen LogP contribution in [0.25, 0.3) is 0 Å². The number of rotatable bonds is 3. The van der Waals surface area contributed by atoms with E-state index in [1.54, 1.807) is 0 Å². The molecule has 3 aromatic rings. The molecule has 0 unspecified atom stereocenters. The number of urea groups is 1. The molecule has 1 aliphatic rings. The predicted octanol–water partition coefficient (Wildman–Crippen LogP) is 4.60. The van der Waals surface area contributed by atoms with Crippen LogP contribution in [-0.2, 0) is 13.0 Å². The normalized spacial score (nSPS) is 13.0. The average molecular weight is 358 g/mol. The van der Waals surface area contributed by atoms with E-state index in [1.807, 2.05) is 67.6 Å². The van der Waals surface area contributed by atoms with Crippen molar-refractivity contribution in [3.8, 4) is 0 Å². The number of anilines is 3. The highest BCUT2D eigenvalue weighted by Crippen LogP contribution is 2.28. The van der Waals surface area contributed by atoms with Gasteiger partial charge in [0, 0.05) is 30.2 Å². The highest BCUT2D eigenvalue weighted by Gasteiger charge is 2.20. The highest BCUT2D eigenvalue weighted by atomic mass is 16.2. The van der Waals surface area contributed by atoms with Crippen LogP contribution in [0.1, 0.15) is 16.8 Å². The summed E-state index contributed by atoms with van der Waals surface area (Å²) in [4.78, 5) is 19.3. The van der Waals surface area contributed by atoms with Crippen molar-refractivity contribution >= 4 is 23.2 Å². The van der Waals surface area contributed by atoms with Crippen molar-refractivity contribution in [1.29, 1.82) is 0 Å². The van der Waals surface area contributed by atoms with Crippen LogP contribution in [0.3, 0.4) is 0 Å². The SMILES string of the molecule is Cc1cccc(N2CCc3c(cccc3NC(=O)Nc3ccccc3)C2)n1. The van der Waals surface area contributed by atoms with E-state index >= 15 is 0 Å². The summed E-state index contributed by atoms with van der Waals surface area (Å²) in [6.45, 7) is 3.68. The fraction of sp³-hybridized carbons (Fsp3) is 0.182. The molecule has 0 spiro atoms. The summed E-state index contributed by atoms with van der Waals surface area (Å²) in [5.74, 6) is 1.00. The quantitative estimate of drug-likeness (QED) is 0.719. The molecule has 136 valence electrons.